The Morgan fingerprint density at radius 3 is 2.55 bits per heavy atom. The number of ether oxygens (including phenoxy) is 2. The van der Waals surface area contributed by atoms with E-state index >= 15 is 0 Å². The highest BCUT2D eigenvalue weighted by atomic mass is 16.6. The van der Waals surface area contributed by atoms with Gasteiger partial charge in [0.25, 0.3) is 5.56 Å². The molecule has 0 radical (unpaired) electrons. The summed E-state index contributed by atoms with van der Waals surface area (Å²) in [4.78, 5) is 64.4. The van der Waals surface area contributed by atoms with Crippen LogP contribution in [0.1, 0.15) is 45.6 Å². The Balaban J connectivity index is 2.24. The number of esters is 1. The number of carbonyl (C=O) groups is 3. The fourth-order valence-corrected chi connectivity index (χ4v) is 3.51. The molecule has 0 spiro atoms. The molecule has 0 aliphatic heterocycles. The molecular weight excluding hydrogens is 408 g/mol. The van der Waals surface area contributed by atoms with Crippen molar-refractivity contribution in [3.8, 4) is 0 Å². The Kier molecular flexibility index (Phi) is 7.64. The summed E-state index contributed by atoms with van der Waals surface area (Å²) in [6.07, 6.45) is 2.58. The van der Waals surface area contributed by atoms with Gasteiger partial charge in [-0.25, -0.2) is 9.59 Å². The van der Waals surface area contributed by atoms with E-state index < -0.39 is 46.9 Å². The van der Waals surface area contributed by atoms with Crippen LogP contribution in [0.5, 0.6) is 0 Å². The van der Waals surface area contributed by atoms with Crippen molar-refractivity contribution in [1.82, 2.24) is 19.8 Å². The van der Waals surface area contributed by atoms with Crippen LogP contribution in [0.3, 0.4) is 0 Å². The number of aryl methyl sites for hydroxylation is 1. The smallest absolute Gasteiger partial charge is 0.407 e. The summed E-state index contributed by atoms with van der Waals surface area (Å²) in [5, 5.41) is 2.78. The van der Waals surface area contributed by atoms with E-state index in [1.165, 1.54) is 25.1 Å². The van der Waals surface area contributed by atoms with Crippen LogP contribution in [0, 0.1) is 6.92 Å². The van der Waals surface area contributed by atoms with E-state index in [0.717, 1.165) is 11.0 Å². The molecule has 2 N–H and O–H groups in total. The van der Waals surface area contributed by atoms with E-state index in [1.807, 2.05) is 0 Å². The monoisotopic (exact) mass is 438 g/mol. The van der Waals surface area contributed by atoms with Crippen molar-refractivity contribution in [1.29, 1.82) is 0 Å². The molecule has 1 saturated carbocycles. The molecule has 11 nitrogen and oxygen atoms in total. The van der Waals surface area contributed by atoms with E-state index in [-0.39, 0.29) is 18.7 Å². The van der Waals surface area contributed by atoms with Crippen molar-refractivity contribution in [2.75, 3.05) is 13.7 Å². The maximum absolute atomic E-state index is 13.1. The molecule has 1 aromatic rings. The first-order chi connectivity index (χ1) is 14.4. The molecule has 2 rings (SSSR count). The van der Waals surface area contributed by atoms with Crippen LogP contribution in [0.25, 0.3) is 0 Å². The van der Waals surface area contributed by atoms with Crippen LogP contribution in [-0.2, 0) is 25.6 Å². The zero-order valence-corrected chi connectivity index (χ0v) is 18.5. The number of nitrogens with one attached hydrogen (secondary N) is 2. The van der Waals surface area contributed by atoms with Gasteiger partial charge in [0.15, 0.2) is 0 Å². The zero-order valence-electron chi connectivity index (χ0n) is 18.5. The van der Waals surface area contributed by atoms with E-state index in [9.17, 15) is 24.0 Å². The first-order valence-corrected chi connectivity index (χ1v) is 10.1. The lowest BCUT2D eigenvalue weighted by Crippen LogP contribution is -2.54. The average Bonchev–Trinajstić information content (AvgIpc) is 3.09. The number of aromatic nitrogens is 2. The number of H-pyrrole nitrogens is 1. The van der Waals surface area contributed by atoms with Crippen LogP contribution in [-0.4, -0.2) is 63.8 Å². The minimum absolute atomic E-state index is 0.275. The summed E-state index contributed by atoms with van der Waals surface area (Å²) in [6.45, 7) is 6.05. The first kappa shape index (κ1) is 24.2. The fraction of sp³-hybridized carbons (Fsp3) is 0.650. The van der Waals surface area contributed by atoms with Gasteiger partial charge in [0.1, 0.15) is 18.7 Å². The Hall–Kier alpha value is -3.11. The highest BCUT2D eigenvalue weighted by Gasteiger charge is 2.37. The lowest BCUT2D eigenvalue weighted by atomic mass is 10.1. The maximum Gasteiger partial charge on any atom is 0.407 e. The standard InChI is InChI=1S/C20H30N4O7/c1-12-9-23(18(28)22-17(12)27)10-15(25)24(11-16(26)30-5)14-8-6-7-13(14)21-19(29)31-20(2,3)4/h9,13-14H,6-8,10-11H2,1-5H3,(H,21,29)(H,22,27,28)/t13-,14-/m0/s1. The molecule has 1 aliphatic rings. The highest BCUT2D eigenvalue weighted by Crippen LogP contribution is 2.25. The van der Waals surface area contributed by atoms with E-state index in [1.54, 1.807) is 20.8 Å². The van der Waals surface area contributed by atoms with Crippen LogP contribution >= 0.6 is 0 Å². The number of rotatable bonds is 6. The number of carbonyl (C=O) groups excluding carboxylic acids is 3. The van der Waals surface area contributed by atoms with Gasteiger partial charge in [0, 0.05) is 11.8 Å². The van der Waals surface area contributed by atoms with Crippen LogP contribution in [0.4, 0.5) is 4.79 Å². The summed E-state index contributed by atoms with van der Waals surface area (Å²) >= 11 is 0. The number of hydrogen-bond donors (Lipinski definition) is 2. The molecule has 0 saturated heterocycles. The first-order valence-electron chi connectivity index (χ1n) is 10.1. The predicted octanol–water partition coefficient (Wildman–Crippen LogP) is 0.292. The predicted molar refractivity (Wildman–Crippen MR) is 111 cm³/mol. The molecule has 2 atom stereocenters. The zero-order chi connectivity index (χ0) is 23.3. The summed E-state index contributed by atoms with van der Waals surface area (Å²) < 4.78 is 11.1. The Morgan fingerprint density at radius 1 is 1.26 bits per heavy atom. The number of aromatic amines is 1. The van der Waals surface area contributed by atoms with Gasteiger partial charge in [-0.05, 0) is 47.0 Å². The van der Waals surface area contributed by atoms with Crippen molar-refractivity contribution < 1.29 is 23.9 Å². The van der Waals surface area contributed by atoms with Crippen LogP contribution < -0.4 is 16.6 Å². The van der Waals surface area contributed by atoms with E-state index in [4.69, 9.17) is 9.47 Å². The number of alkyl carbamates (subject to hydrolysis) is 1. The van der Waals surface area contributed by atoms with Crippen molar-refractivity contribution in [3.05, 3.63) is 32.6 Å². The lowest BCUT2D eigenvalue weighted by Gasteiger charge is -2.33. The molecule has 1 aliphatic carbocycles. The molecule has 11 heteroatoms. The lowest BCUT2D eigenvalue weighted by molar-refractivity contribution is -0.149. The number of hydrogen-bond acceptors (Lipinski definition) is 7. The minimum Gasteiger partial charge on any atom is -0.468 e. The normalized spacial score (nSPS) is 18.4. The van der Waals surface area contributed by atoms with Gasteiger partial charge in [-0.3, -0.25) is 23.9 Å². The summed E-state index contributed by atoms with van der Waals surface area (Å²) in [5.74, 6) is -1.14. The minimum atomic E-state index is -0.725. The van der Waals surface area contributed by atoms with Crippen molar-refractivity contribution in [2.45, 2.75) is 71.2 Å². The molecule has 1 fully saturated rings. The molecule has 0 bridgehead atoms. The second-order valence-electron chi connectivity index (χ2n) is 8.55. The Labute approximate surface area is 179 Å². The van der Waals surface area contributed by atoms with Gasteiger partial charge in [0.2, 0.25) is 5.91 Å². The third-order valence-corrected chi connectivity index (χ3v) is 4.92. The largest absolute Gasteiger partial charge is 0.468 e. The number of amides is 2. The third kappa shape index (κ3) is 6.69. The van der Waals surface area contributed by atoms with Gasteiger partial charge >= 0.3 is 17.8 Å². The maximum atomic E-state index is 13.1. The summed E-state index contributed by atoms with van der Waals surface area (Å²) in [5.41, 5.74) is -1.66. The van der Waals surface area contributed by atoms with Gasteiger partial charge in [0.05, 0.1) is 19.2 Å². The van der Waals surface area contributed by atoms with Gasteiger partial charge < -0.3 is 19.7 Å². The molecule has 0 unspecified atom stereocenters. The van der Waals surface area contributed by atoms with Crippen molar-refractivity contribution in [3.63, 3.8) is 0 Å². The number of nitrogens with zero attached hydrogens (tertiary/aromatic N) is 2. The van der Waals surface area contributed by atoms with Gasteiger partial charge in [-0.15, -0.1) is 0 Å². The van der Waals surface area contributed by atoms with Gasteiger partial charge in [-0.2, -0.15) is 0 Å². The SMILES string of the molecule is COC(=O)CN(C(=O)Cn1cc(C)c(=O)[nH]c1=O)[C@H]1CCC[C@@H]1NC(=O)OC(C)(C)C. The van der Waals surface area contributed by atoms with Crippen LogP contribution in [0.2, 0.25) is 0 Å². The number of methoxy groups -OCH3 is 1. The molecular formula is C20H30N4O7. The van der Waals surface area contributed by atoms with Crippen molar-refractivity contribution >= 4 is 18.0 Å². The molecule has 2 amide bonds. The van der Waals surface area contributed by atoms with Crippen molar-refractivity contribution in [2.24, 2.45) is 0 Å². The average molecular weight is 438 g/mol. The molecule has 1 aromatic heterocycles. The molecule has 31 heavy (non-hydrogen) atoms. The second kappa shape index (κ2) is 9.80. The molecule has 0 aromatic carbocycles. The highest BCUT2D eigenvalue weighted by molar-refractivity contribution is 5.82. The summed E-state index contributed by atoms with van der Waals surface area (Å²) in [6, 6.07) is -0.892. The summed E-state index contributed by atoms with van der Waals surface area (Å²) in [7, 11) is 1.21. The molecule has 1 heterocycles. The van der Waals surface area contributed by atoms with E-state index in [0.29, 0.717) is 12.8 Å². The third-order valence-electron chi connectivity index (χ3n) is 4.92. The quantitative estimate of drug-likeness (QED) is 0.609. The van der Waals surface area contributed by atoms with Crippen LogP contribution in [0.15, 0.2) is 15.8 Å². The van der Waals surface area contributed by atoms with E-state index in [2.05, 4.69) is 10.3 Å². The Bertz CT molecular complexity index is 944. The topological polar surface area (TPSA) is 140 Å². The molecule has 172 valence electrons. The Morgan fingerprint density at radius 2 is 1.94 bits per heavy atom. The fourth-order valence-electron chi connectivity index (χ4n) is 3.51. The second-order valence-corrected chi connectivity index (χ2v) is 8.55. The van der Waals surface area contributed by atoms with Gasteiger partial charge in [-0.1, -0.05) is 0 Å².